The summed E-state index contributed by atoms with van der Waals surface area (Å²) in [5.74, 6) is 0.819. The van der Waals surface area contributed by atoms with Crippen LogP contribution >= 0.6 is 0 Å². The Morgan fingerprint density at radius 2 is 2.13 bits per heavy atom. The van der Waals surface area contributed by atoms with Crippen LogP contribution in [-0.2, 0) is 10.2 Å². The summed E-state index contributed by atoms with van der Waals surface area (Å²) in [6.45, 7) is 6.61. The van der Waals surface area contributed by atoms with E-state index in [1.165, 1.54) is 0 Å². The van der Waals surface area contributed by atoms with Crippen LogP contribution in [0.2, 0.25) is 0 Å². The number of fused-ring (bicyclic) bond motifs is 2. The molecule has 23 heavy (non-hydrogen) atoms. The first kappa shape index (κ1) is 13.9. The van der Waals surface area contributed by atoms with E-state index in [0.29, 0.717) is 6.54 Å². The molecule has 0 saturated carbocycles. The molecule has 1 N–H and O–H groups in total. The molecule has 6 nitrogen and oxygen atoms in total. The Morgan fingerprint density at radius 3 is 2.83 bits per heavy atom. The van der Waals surface area contributed by atoms with Crippen LogP contribution in [-0.4, -0.2) is 32.6 Å². The molecule has 1 aromatic carbocycles. The number of imidazole rings is 1. The minimum absolute atomic E-state index is 0.0641. The third kappa shape index (κ3) is 2.10. The summed E-state index contributed by atoms with van der Waals surface area (Å²) in [4.78, 5) is 21.8. The number of carbonyl (C=O) groups excluding carboxylic acids is 1. The van der Waals surface area contributed by atoms with E-state index in [2.05, 4.69) is 40.1 Å². The molecule has 0 atom stereocenters. The summed E-state index contributed by atoms with van der Waals surface area (Å²) < 4.78 is 0. The minimum atomic E-state index is -0.0769. The van der Waals surface area contributed by atoms with Crippen molar-refractivity contribution in [1.29, 1.82) is 0 Å². The molecule has 0 radical (unpaired) electrons. The number of carbonyl (C=O) groups is 1. The summed E-state index contributed by atoms with van der Waals surface area (Å²) in [5, 5.41) is 7.68. The van der Waals surface area contributed by atoms with Crippen LogP contribution < -0.4 is 4.90 Å². The molecule has 1 aliphatic rings. The average molecular weight is 307 g/mol. The van der Waals surface area contributed by atoms with Gasteiger partial charge in [-0.2, -0.15) is 10.2 Å². The van der Waals surface area contributed by atoms with Crippen molar-refractivity contribution in [2.45, 2.75) is 26.2 Å². The van der Waals surface area contributed by atoms with E-state index in [9.17, 15) is 4.79 Å². The Morgan fingerprint density at radius 1 is 1.30 bits per heavy atom. The molecule has 0 fully saturated rings. The smallest absolute Gasteiger partial charge is 0.223 e. The van der Waals surface area contributed by atoms with Gasteiger partial charge in [0.05, 0.1) is 23.4 Å². The van der Waals surface area contributed by atoms with Crippen LogP contribution in [0.15, 0.2) is 30.6 Å². The summed E-state index contributed by atoms with van der Waals surface area (Å²) in [6.07, 6.45) is 3.32. The van der Waals surface area contributed by atoms with Gasteiger partial charge >= 0.3 is 0 Å². The van der Waals surface area contributed by atoms with Gasteiger partial charge in [0.2, 0.25) is 5.91 Å². The Balaban J connectivity index is 1.90. The molecule has 0 unspecified atom stereocenters. The molecule has 3 heterocycles. The van der Waals surface area contributed by atoms with E-state index < -0.39 is 0 Å². The predicted octanol–water partition coefficient (Wildman–Crippen LogP) is 2.66. The average Bonchev–Trinajstić information content (AvgIpc) is 3.05. The maximum absolute atomic E-state index is 11.9. The highest BCUT2D eigenvalue weighted by atomic mass is 16.2. The molecule has 1 aliphatic heterocycles. The van der Waals surface area contributed by atoms with Crippen LogP contribution in [0.25, 0.3) is 22.4 Å². The van der Waals surface area contributed by atoms with Crippen LogP contribution in [0.5, 0.6) is 0 Å². The van der Waals surface area contributed by atoms with Crippen molar-refractivity contribution < 1.29 is 4.79 Å². The molecule has 0 spiro atoms. The third-order valence-corrected chi connectivity index (χ3v) is 4.41. The number of aromatic nitrogens is 4. The SMILES string of the molecule is CC(=O)N1CC(C)(C)c2cc3nc(-c4ccnnc4)[nH]c3cc21. The fraction of sp³-hybridized carbons (Fsp3) is 0.294. The fourth-order valence-corrected chi connectivity index (χ4v) is 3.22. The molecule has 2 aromatic heterocycles. The van der Waals surface area contributed by atoms with Gasteiger partial charge in [0.1, 0.15) is 5.82 Å². The first-order valence-corrected chi connectivity index (χ1v) is 7.55. The number of hydrogen-bond acceptors (Lipinski definition) is 4. The van der Waals surface area contributed by atoms with Crippen LogP contribution in [0.1, 0.15) is 26.3 Å². The lowest BCUT2D eigenvalue weighted by molar-refractivity contribution is -0.116. The number of rotatable bonds is 1. The molecule has 0 saturated heterocycles. The molecule has 3 aromatic rings. The van der Waals surface area contributed by atoms with Gasteiger partial charge in [-0.1, -0.05) is 13.8 Å². The molecule has 116 valence electrons. The first-order chi connectivity index (χ1) is 11.0. The van der Waals surface area contributed by atoms with Crippen LogP contribution in [0.4, 0.5) is 5.69 Å². The molecule has 4 rings (SSSR count). The molecular formula is C17H17N5O. The van der Waals surface area contributed by atoms with Gasteiger partial charge in [-0.25, -0.2) is 4.98 Å². The van der Waals surface area contributed by atoms with Gasteiger partial charge < -0.3 is 9.88 Å². The highest BCUT2D eigenvalue weighted by Gasteiger charge is 2.37. The zero-order chi connectivity index (χ0) is 16.2. The Hall–Kier alpha value is -2.76. The second-order valence-electron chi connectivity index (χ2n) is 6.59. The van der Waals surface area contributed by atoms with Gasteiger partial charge in [0.15, 0.2) is 0 Å². The zero-order valence-electron chi connectivity index (χ0n) is 13.3. The van der Waals surface area contributed by atoms with Crippen LogP contribution in [0.3, 0.4) is 0 Å². The lowest BCUT2D eigenvalue weighted by Gasteiger charge is -2.19. The van der Waals surface area contributed by atoms with Crippen molar-refractivity contribution in [1.82, 2.24) is 20.2 Å². The topological polar surface area (TPSA) is 74.8 Å². The Kier molecular flexibility index (Phi) is 2.78. The fourth-order valence-electron chi connectivity index (χ4n) is 3.22. The monoisotopic (exact) mass is 307 g/mol. The number of nitrogens with one attached hydrogen (secondary N) is 1. The van der Waals surface area contributed by atoms with E-state index in [0.717, 1.165) is 33.7 Å². The van der Waals surface area contributed by atoms with Crippen molar-refractivity contribution in [3.63, 3.8) is 0 Å². The number of amides is 1. The van der Waals surface area contributed by atoms with Crippen molar-refractivity contribution in [3.05, 3.63) is 36.2 Å². The predicted molar refractivity (Wildman–Crippen MR) is 88.2 cm³/mol. The largest absolute Gasteiger partial charge is 0.338 e. The van der Waals surface area contributed by atoms with E-state index in [4.69, 9.17) is 0 Å². The normalized spacial score (nSPS) is 15.9. The summed E-state index contributed by atoms with van der Waals surface area (Å²) >= 11 is 0. The van der Waals surface area contributed by atoms with Crippen molar-refractivity contribution in [2.24, 2.45) is 0 Å². The number of anilines is 1. The van der Waals surface area contributed by atoms with E-state index in [1.807, 2.05) is 17.0 Å². The second kappa shape index (κ2) is 4.62. The number of H-pyrrole nitrogens is 1. The lowest BCUT2D eigenvalue weighted by Crippen LogP contribution is -2.31. The summed E-state index contributed by atoms with van der Waals surface area (Å²) in [7, 11) is 0. The van der Waals surface area contributed by atoms with Gasteiger partial charge in [0, 0.05) is 30.1 Å². The molecule has 6 heteroatoms. The minimum Gasteiger partial charge on any atom is -0.338 e. The van der Waals surface area contributed by atoms with Crippen molar-refractivity contribution in [2.75, 3.05) is 11.4 Å². The van der Waals surface area contributed by atoms with Crippen molar-refractivity contribution in [3.8, 4) is 11.4 Å². The first-order valence-electron chi connectivity index (χ1n) is 7.55. The molecule has 0 bridgehead atoms. The van der Waals surface area contributed by atoms with E-state index in [-0.39, 0.29) is 11.3 Å². The third-order valence-electron chi connectivity index (χ3n) is 4.41. The Bertz CT molecular complexity index is 913. The van der Waals surface area contributed by atoms with E-state index >= 15 is 0 Å². The van der Waals surface area contributed by atoms with Gasteiger partial charge in [-0.05, 0) is 23.8 Å². The van der Waals surface area contributed by atoms with Gasteiger partial charge in [-0.3, -0.25) is 4.79 Å². The quantitative estimate of drug-likeness (QED) is 0.750. The maximum Gasteiger partial charge on any atom is 0.223 e. The highest BCUT2D eigenvalue weighted by Crippen LogP contribution is 2.42. The van der Waals surface area contributed by atoms with E-state index in [1.54, 1.807) is 19.3 Å². The number of benzene rings is 1. The highest BCUT2D eigenvalue weighted by molar-refractivity contribution is 5.98. The zero-order valence-corrected chi connectivity index (χ0v) is 13.3. The van der Waals surface area contributed by atoms with Gasteiger partial charge in [-0.15, -0.1) is 0 Å². The standard InChI is InChI=1S/C17H17N5O/c1-10(23)22-9-17(2,3)12-6-13-14(7-15(12)22)21-16(20-13)11-4-5-18-19-8-11/h4-8H,9H2,1-3H3,(H,20,21). The van der Waals surface area contributed by atoms with Crippen molar-refractivity contribution >= 4 is 22.6 Å². The molecule has 1 amide bonds. The lowest BCUT2D eigenvalue weighted by atomic mass is 9.87. The summed E-state index contributed by atoms with van der Waals surface area (Å²) in [6, 6.07) is 5.97. The second-order valence-corrected chi connectivity index (χ2v) is 6.59. The van der Waals surface area contributed by atoms with Gasteiger partial charge in [0.25, 0.3) is 0 Å². The van der Waals surface area contributed by atoms with Crippen LogP contribution in [0, 0.1) is 0 Å². The maximum atomic E-state index is 11.9. The Labute approximate surface area is 133 Å². The number of nitrogens with zero attached hydrogens (tertiary/aromatic N) is 4. The summed E-state index contributed by atoms with van der Waals surface area (Å²) in [5.41, 5.74) is 4.75. The molecule has 0 aliphatic carbocycles. The number of aromatic amines is 1. The number of hydrogen-bond donors (Lipinski definition) is 1. The molecular weight excluding hydrogens is 290 g/mol.